The molecule has 0 saturated heterocycles. The smallest absolute Gasteiger partial charge is 0.248 e. The van der Waals surface area contributed by atoms with Gasteiger partial charge < -0.3 is 4.42 Å². The number of hydrogen-bond donors (Lipinski definition) is 2. The number of carbonyl (C=O) groups excluding carboxylic acids is 1. The zero-order valence-electron chi connectivity index (χ0n) is 15.4. The fourth-order valence-electron chi connectivity index (χ4n) is 2.80. The zero-order chi connectivity index (χ0) is 20.1. The highest BCUT2D eigenvalue weighted by Gasteiger charge is 2.11. The molecule has 1 amide bonds. The van der Waals surface area contributed by atoms with E-state index in [-0.39, 0.29) is 24.1 Å². The second kappa shape index (κ2) is 8.47. The van der Waals surface area contributed by atoms with Crippen LogP contribution in [0.4, 0.5) is 10.3 Å². The molecule has 2 heterocycles. The van der Waals surface area contributed by atoms with E-state index in [2.05, 4.69) is 25.5 Å². The number of aromatic nitrogens is 4. The van der Waals surface area contributed by atoms with Crippen molar-refractivity contribution in [2.24, 2.45) is 0 Å². The monoisotopic (exact) mass is 391 g/mol. The molecule has 0 bridgehead atoms. The number of amides is 1. The molecule has 0 spiro atoms. The second-order valence-corrected chi connectivity index (χ2v) is 6.44. The van der Waals surface area contributed by atoms with E-state index in [0.717, 1.165) is 11.1 Å². The fraction of sp³-hybridized carbons (Fsp3) is 0.143. The summed E-state index contributed by atoms with van der Waals surface area (Å²) >= 11 is 0. The predicted molar refractivity (Wildman–Crippen MR) is 104 cm³/mol. The minimum Gasteiger partial charge on any atom is -0.441 e. The molecule has 8 heteroatoms. The van der Waals surface area contributed by atoms with Crippen molar-refractivity contribution < 1.29 is 13.6 Å². The number of nitrogens with zero attached hydrogens (tertiary/aromatic N) is 3. The van der Waals surface area contributed by atoms with Crippen LogP contribution in [0.1, 0.15) is 23.7 Å². The lowest BCUT2D eigenvalue weighted by Gasteiger charge is -1.99. The maximum absolute atomic E-state index is 13.0. The van der Waals surface area contributed by atoms with E-state index < -0.39 is 0 Å². The van der Waals surface area contributed by atoms with Gasteiger partial charge in [0, 0.05) is 24.8 Å². The highest BCUT2D eigenvalue weighted by Crippen LogP contribution is 2.20. The molecule has 2 N–H and O–H groups in total. The van der Waals surface area contributed by atoms with Crippen molar-refractivity contribution in [3.05, 3.63) is 83.9 Å². The summed E-state index contributed by atoms with van der Waals surface area (Å²) in [6.07, 6.45) is 2.67. The number of H-pyrrole nitrogens is 1. The third-order valence-corrected chi connectivity index (χ3v) is 4.25. The van der Waals surface area contributed by atoms with Crippen LogP contribution >= 0.6 is 0 Å². The molecule has 0 unspecified atom stereocenters. The summed E-state index contributed by atoms with van der Waals surface area (Å²) < 4.78 is 18.7. The standard InChI is InChI=1S/C21H18FN5O2/c22-16-8-6-14(7-9-16)12-18-24-21(27-26-18)25-19(28)10-11-20-23-13-17(29-20)15-4-2-1-3-5-15/h1-9,13H,10-12H2,(H2,24,25,26,27,28). The highest BCUT2D eigenvalue weighted by atomic mass is 19.1. The Morgan fingerprint density at radius 2 is 1.90 bits per heavy atom. The van der Waals surface area contributed by atoms with Crippen molar-refractivity contribution in [3.63, 3.8) is 0 Å². The highest BCUT2D eigenvalue weighted by molar-refractivity contribution is 5.88. The Labute approximate surface area is 166 Å². The Kier molecular flexibility index (Phi) is 5.42. The molecule has 4 aromatic rings. The normalized spacial score (nSPS) is 10.8. The molecule has 2 aromatic carbocycles. The van der Waals surface area contributed by atoms with Crippen LogP contribution in [0.15, 0.2) is 65.2 Å². The summed E-state index contributed by atoms with van der Waals surface area (Å²) in [6.45, 7) is 0. The number of aryl methyl sites for hydroxylation is 1. The predicted octanol–water partition coefficient (Wildman–Crippen LogP) is 3.76. The van der Waals surface area contributed by atoms with Gasteiger partial charge in [-0.3, -0.25) is 15.2 Å². The van der Waals surface area contributed by atoms with Crippen molar-refractivity contribution >= 4 is 11.9 Å². The average Bonchev–Trinajstić information content (AvgIpc) is 3.38. The molecule has 0 atom stereocenters. The van der Waals surface area contributed by atoms with Crippen LogP contribution in [0.3, 0.4) is 0 Å². The lowest BCUT2D eigenvalue weighted by molar-refractivity contribution is -0.116. The largest absolute Gasteiger partial charge is 0.441 e. The Morgan fingerprint density at radius 3 is 2.69 bits per heavy atom. The van der Waals surface area contributed by atoms with Crippen molar-refractivity contribution in [2.45, 2.75) is 19.3 Å². The van der Waals surface area contributed by atoms with E-state index in [1.807, 2.05) is 30.3 Å². The number of anilines is 1. The lowest BCUT2D eigenvalue weighted by Crippen LogP contribution is -2.13. The molecule has 0 aliphatic heterocycles. The summed E-state index contributed by atoms with van der Waals surface area (Å²) in [7, 11) is 0. The minimum absolute atomic E-state index is 0.191. The number of rotatable bonds is 7. The van der Waals surface area contributed by atoms with Crippen LogP contribution in [0.5, 0.6) is 0 Å². The number of halogens is 1. The molecule has 7 nitrogen and oxygen atoms in total. The van der Waals surface area contributed by atoms with E-state index in [0.29, 0.717) is 30.3 Å². The van der Waals surface area contributed by atoms with Crippen LogP contribution in [-0.4, -0.2) is 26.1 Å². The summed E-state index contributed by atoms with van der Waals surface area (Å²) in [4.78, 5) is 20.6. The van der Waals surface area contributed by atoms with Gasteiger partial charge in [-0.1, -0.05) is 42.5 Å². The lowest BCUT2D eigenvalue weighted by atomic mass is 10.1. The average molecular weight is 391 g/mol. The first kappa shape index (κ1) is 18.5. The van der Waals surface area contributed by atoms with Crippen LogP contribution in [0, 0.1) is 5.82 Å². The maximum Gasteiger partial charge on any atom is 0.248 e. The van der Waals surface area contributed by atoms with Crippen LogP contribution < -0.4 is 5.32 Å². The minimum atomic E-state index is -0.291. The van der Waals surface area contributed by atoms with Crippen LogP contribution in [-0.2, 0) is 17.6 Å². The number of hydrogen-bond acceptors (Lipinski definition) is 5. The molecule has 29 heavy (non-hydrogen) atoms. The first-order chi connectivity index (χ1) is 14.2. The molecule has 4 rings (SSSR count). The van der Waals surface area contributed by atoms with Crippen molar-refractivity contribution in [1.82, 2.24) is 20.2 Å². The maximum atomic E-state index is 13.0. The third-order valence-electron chi connectivity index (χ3n) is 4.25. The first-order valence-corrected chi connectivity index (χ1v) is 9.11. The SMILES string of the molecule is O=C(CCc1ncc(-c2ccccc2)o1)Nc1n[nH]c(Cc2ccc(F)cc2)n1. The summed E-state index contributed by atoms with van der Waals surface area (Å²) in [5, 5.41) is 9.40. The van der Waals surface area contributed by atoms with Gasteiger partial charge in [-0.05, 0) is 17.7 Å². The molecule has 0 aliphatic carbocycles. The molecule has 146 valence electrons. The van der Waals surface area contributed by atoms with Gasteiger partial charge in [0.1, 0.15) is 11.6 Å². The topological polar surface area (TPSA) is 96.7 Å². The van der Waals surface area contributed by atoms with Gasteiger partial charge >= 0.3 is 0 Å². The summed E-state index contributed by atoms with van der Waals surface area (Å²) in [5.74, 6) is 1.40. The van der Waals surface area contributed by atoms with Crippen LogP contribution in [0.25, 0.3) is 11.3 Å². The van der Waals surface area contributed by atoms with Crippen molar-refractivity contribution in [3.8, 4) is 11.3 Å². The van der Waals surface area contributed by atoms with Gasteiger partial charge in [-0.25, -0.2) is 9.37 Å². The van der Waals surface area contributed by atoms with E-state index in [9.17, 15) is 9.18 Å². The zero-order valence-corrected chi connectivity index (χ0v) is 15.4. The Balaban J connectivity index is 1.28. The third kappa shape index (κ3) is 4.92. The van der Waals surface area contributed by atoms with Crippen molar-refractivity contribution in [1.29, 1.82) is 0 Å². The molecular formula is C21H18FN5O2. The van der Waals surface area contributed by atoms with Crippen LogP contribution in [0.2, 0.25) is 0 Å². The van der Waals surface area contributed by atoms with Crippen molar-refractivity contribution in [2.75, 3.05) is 5.32 Å². The molecule has 0 saturated carbocycles. The first-order valence-electron chi connectivity index (χ1n) is 9.11. The van der Waals surface area contributed by atoms with Gasteiger partial charge in [0.25, 0.3) is 0 Å². The molecule has 0 aliphatic rings. The van der Waals surface area contributed by atoms with E-state index >= 15 is 0 Å². The Bertz CT molecular complexity index is 1090. The van der Waals surface area contributed by atoms with Gasteiger partial charge in [0.2, 0.25) is 11.9 Å². The number of nitrogens with one attached hydrogen (secondary N) is 2. The fourth-order valence-corrected chi connectivity index (χ4v) is 2.80. The Hall–Kier alpha value is -3.81. The van der Waals surface area contributed by atoms with Gasteiger partial charge in [0.15, 0.2) is 11.7 Å². The summed E-state index contributed by atoms with van der Waals surface area (Å²) in [6, 6.07) is 15.8. The number of aromatic amines is 1. The van der Waals surface area contributed by atoms with Gasteiger partial charge in [-0.2, -0.15) is 4.98 Å². The Morgan fingerprint density at radius 1 is 1.10 bits per heavy atom. The number of carbonyl (C=O) groups is 1. The second-order valence-electron chi connectivity index (χ2n) is 6.44. The van der Waals surface area contributed by atoms with E-state index in [1.54, 1.807) is 18.3 Å². The number of oxazole rings is 1. The number of benzene rings is 2. The molecule has 0 radical (unpaired) electrons. The summed E-state index contributed by atoms with van der Waals surface area (Å²) in [5.41, 5.74) is 1.82. The van der Waals surface area contributed by atoms with E-state index in [4.69, 9.17) is 4.42 Å². The van der Waals surface area contributed by atoms with Gasteiger partial charge in [0.05, 0.1) is 6.20 Å². The van der Waals surface area contributed by atoms with Gasteiger partial charge in [-0.15, -0.1) is 5.10 Å². The quantitative estimate of drug-likeness (QED) is 0.500. The van der Waals surface area contributed by atoms with E-state index in [1.165, 1.54) is 12.1 Å². The molecule has 2 aromatic heterocycles. The molecule has 0 fully saturated rings. The molecular weight excluding hydrogens is 373 g/mol.